The van der Waals surface area contributed by atoms with Crippen LogP contribution in [0.3, 0.4) is 0 Å². The molecule has 1 heterocycles. The molecule has 10 heteroatoms. The maximum atomic E-state index is 12.3. The molecule has 0 saturated carbocycles. The molecule has 35 heavy (non-hydrogen) atoms. The summed E-state index contributed by atoms with van der Waals surface area (Å²) in [5.41, 5.74) is 3.73. The molecule has 3 aromatic rings. The van der Waals surface area contributed by atoms with Crippen LogP contribution in [0.1, 0.15) is 34.2 Å². The van der Waals surface area contributed by atoms with E-state index < -0.39 is 24.0 Å². The van der Waals surface area contributed by atoms with Crippen LogP contribution in [0, 0.1) is 18.8 Å². The molecular formula is C25H25N5O5. The van der Waals surface area contributed by atoms with E-state index in [1.54, 1.807) is 53.4 Å². The van der Waals surface area contributed by atoms with E-state index in [4.69, 9.17) is 5.21 Å². The van der Waals surface area contributed by atoms with Crippen molar-refractivity contribution < 1.29 is 24.7 Å². The molecule has 10 nitrogen and oxygen atoms in total. The lowest BCUT2D eigenvalue weighted by Crippen LogP contribution is -2.51. The van der Waals surface area contributed by atoms with Gasteiger partial charge in [-0.05, 0) is 62.4 Å². The fourth-order valence-corrected chi connectivity index (χ4v) is 3.11. The summed E-state index contributed by atoms with van der Waals surface area (Å²) in [7, 11) is 0. The van der Waals surface area contributed by atoms with Gasteiger partial charge < -0.3 is 20.3 Å². The van der Waals surface area contributed by atoms with E-state index in [0.717, 1.165) is 11.4 Å². The first kappa shape index (κ1) is 25.2. The summed E-state index contributed by atoms with van der Waals surface area (Å²) in [5.74, 6) is 5.10. The molecule has 1 aromatic heterocycles. The molecule has 180 valence electrons. The largest absolute Gasteiger partial charge is 0.391 e. The molecule has 3 rings (SSSR count). The number of hydrogen-bond donors (Lipinski definition) is 5. The molecule has 0 radical (unpaired) electrons. The molecule has 0 aliphatic rings. The van der Waals surface area contributed by atoms with Crippen molar-refractivity contribution in [1.82, 2.24) is 20.3 Å². The van der Waals surface area contributed by atoms with Gasteiger partial charge in [-0.2, -0.15) is 0 Å². The topological polar surface area (TPSA) is 146 Å². The fraction of sp³-hybridized carbons (Fsp3) is 0.200. The average Bonchev–Trinajstić information content (AvgIpc) is 3.25. The summed E-state index contributed by atoms with van der Waals surface area (Å²) in [6, 6.07) is 12.2. The van der Waals surface area contributed by atoms with Crippen LogP contribution in [0.15, 0.2) is 60.9 Å². The number of carbonyl (C=O) groups excluding carboxylic acids is 3. The van der Waals surface area contributed by atoms with E-state index in [0.29, 0.717) is 11.3 Å². The molecule has 0 fully saturated rings. The second-order valence-electron chi connectivity index (χ2n) is 7.72. The molecule has 3 amide bonds. The number of aliphatic hydroxyl groups excluding tert-OH is 1. The first-order valence-electron chi connectivity index (χ1n) is 10.7. The normalized spacial score (nSPS) is 12.0. The van der Waals surface area contributed by atoms with Crippen LogP contribution >= 0.6 is 0 Å². The quantitative estimate of drug-likeness (QED) is 0.197. The minimum absolute atomic E-state index is 0.161. The minimum Gasteiger partial charge on any atom is -0.391 e. The van der Waals surface area contributed by atoms with E-state index in [2.05, 4.69) is 27.5 Å². The standard InChI is InChI=1S/C25H25N5O5/c1-16(31)23(25(34)29-35)28-24(33)20-9-5-18(6-10-20)3-4-19-7-11-21(12-8-19)27-22(32)15-30-14-13-26-17(30)2/h5-14,16,23,31,35H,15H2,1-2H3,(H,27,32)(H,28,33)(H,29,34)/t16-,23+/m1/s1. The molecule has 0 spiro atoms. The van der Waals surface area contributed by atoms with Gasteiger partial charge in [-0.15, -0.1) is 0 Å². The third-order valence-electron chi connectivity index (χ3n) is 5.07. The Morgan fingerprint density at radius 1 is 1.03 bits per heavy atom. The zero-order valence-corrected chi connectivity index (χ0v) is 19.1. The van der Waals surface area contributed by atoms with Crippen molar-refractivity contribution in [3.8, 4) is 11.8 Å². The van der Waals surface area contributed by atoms with Gasteiger partial charge in [-0.1, -0.05) is 11.8 Å². The first-order valence-corrected chi connectivity index (χ1v) is 10.7. The molecule has 5 N–H and O–H groups in total. The van der Waals surface area contributed by atoms with E-state index in [1.165, 1.54) is 24.5 Å². The van der Waals surface area contributed by atoms with Gasteiger partial charge in [0, 0.05) is 34.8 Å². The van der Waals surface area contributed by atoms with Crippen molar-refractivity contribution in [2.75, 3.05) is 5.32 Å². The molecule has 0 saturated heterocycles. The second-order valence-corrected chi connectivity index (χ2v) is 7.72. The van der Waals surface area contributed by atoms with Gasteiger partial charge in [0.25, 0.3) is 11.8 Å². The molecule has 0 aliphatic carbocycles. The maximum absolute atomic E-state index is 12.3. The highest BCUT2D eigenvalue weighted by atomic mass is 16.5. The predicted molar refractivity (Wildman–Crippen MR) is 127 cm³/mol. The van der Waals surface area contributed by atoms with Gasteiger partial charge in [0.1, 0.15) is 18.4 Å². The Labute approximate surface area is 202 Å². The summed E-state index contributed by atoms with van der Waals surface area (Å²) in [5, 5.41) is 23.6. The smallest absolute Gasteiger partial charge is 0.268 e. The molecule has 2 atom stereocenters. The van der Waals surface area contributed by atoms with Crippen molar-refractivity contribution >= 4 is 23.4 Å². The Bertz CT molecular complexity index is 1250. The summed E-state index contributed by atoms with van der Waals surface area (Å²) in [6.45, 7) is 3.33. The lowest BCUT2D eigenvalue weighted by atomic mass is 10.1. The van der Waals surface area contributed by atoms with Gasteiger partial charge in [-0.25, -0.2) is 10.5 Å². The van der Waals surface area contributed by atoms with Crippen molar-refractivity contribution in [2.24, 2.45) is 0 Å². The number of aliphatic hydroxyl groups is 1. The number of aryl methyl sites for hydroxylation is 1. The summed E-state index contributed by atoms with van der Waals surface area (Å²) in [4.78, 5) is 40.2. The van der Waals surface area contributed by atoms with Crippen LogP contribution in [-0.2, 0) is 16.1 Å². The number of hydrogen-bond acceptors (Lipinski definition) is 6. The van der Waals surface area contributed by atoms with E-state index in [1.807, 2.05) is 6.92 Å². The van der Waals surface area contributed by atoms with Crippen LogP contribution < -0.4 is 16.1 Å². The van der Waals surface area contributed by atoms with E-state index in [9.17, 15) is 19.5 Å². The van der Waals surface area contributed by atoms with Crippen molar-refractivity contribution in [3.63, 3.8) is 0 Å². The zero-order valence-electron chi connectivity index (χ0n) is 19.1. The number of hydroxylamine groups is 1. The van der Waals surface area contributed by atoms with Crippen LogP contribution in [0.25, 0.3) is 0 Å². The number of nitrogens with zero attached hydrogens (tertiary/aromatic N) is 2. The number of aromatic nitrogens is 2. The van der Waals surface area contributed by atoms with Crippen LogP contribution in [0.4, 0.5) is 5.69 Å². The Morgan fingerprint density at radius 3 is 2.14 bits per heavy atom. The molecule has 0 bridgehead atoms. The Hall–Kier alpha value is -4.46. The Morgan fingerprint density at radius 2 is 1.63 bits per heavy atom. The summed E-state index contributed by atoms with van der Waals surface area (Å²) >= 11 is 0. The monoisotopic (exact) mass is 475 g/mol. The number of anilines is 1. The van der Waals surface area contributed by atoms with Crippen molar-refractivity contribution in [2.45, 2.75) is 32.5 Å². The highest BCUT2D eigenvalue weighted by Gasteiger charge is 2.25. The number of benzene rings is 2. The number of rotatable bonds is 7. The van der Waals surface area contributed by atoms with Crippen LogP contribution in [-0.4, -0.2) is 49.7 Å². The lowest BCUT2D eigenvalue weighted by Gasteiger charge is -2.19. The average molecular weight is 476 g/mol. The van der Waals surface area contributed by atoms with Gasteiger partial charge in [0.05, 0.1) is 6.10 Å². The van der Waals surface area contributed by atoms with Crippen LogP contribution in [0.2, 0.25) is 0 Å². The van der Waals surface area contributed by atoms with Gasteiger partial charge in [0.2, 0.25) is 5.91 Å². The third kappa shape index (κ3) is 7.01. The zero-order chi connectivity index (χ0) is 25.4. The van der Waals surface area contributed by atoms with Gasteiger partial charge >= 0.3 is 0 Å². The number of imidazole rings is 1. The maximum Gasteiger partial charge on any atom is 0.268 e. The predicted octanol–water partition coefficient (Wildman–Crippen LogP) is 1.21. The minimum atomic E-state index is -1.30. The second kappa shape index (κ2) is 11.6. The highest BCUT2D eigenvalue weighted by molar-refractivity contribution is 5.97. The van der Waals surface area contributed by atoms with Gasteiger partial charge in [0.15, 0.2) is 0 Å². The lowest BCUT2D eigenvalue weighted by molar-refractivity contribution is -0.133. The van der Waals surface area contributed by atoms with E-state index in [-0.39, 0.29) is 18.0 Å². The van der Waals surface area contributed by atoms with Crippen molar-refractivity contribution in [3.05, 3.63) is 83.4 Å². The Kier molecular flexibility index (Phi) is 8.34. The third-order valence-corrected chi connectivity index (χ3v) is 5.07. The molecule has 0 aliphatic heterocycles. The Balaban J connectivity index is 1.58. The number of carbonyl (C=O) groups is 3. The summed E-state index contributed by atoms with van der Waals surface area (Å²) < 4.78 is 1.75. The SMILES string of the molecule is Cc1nccn1CC(=O)Nc1ccc(C#Cc2ccc(C(=O)N[C@H](C(=O)NO)[C@@H](C)O)cc2)cc1. The molecule has 0 unspecified atom stereocenters. The number of amides is 3. The highest BCUT2D eigenvalue weighted by Crippen LogP contribution is 2.10. The van der Waals surface area contributed by atoms with Crippen LogP contribution in [0.5, 0.6) is 0 Å². The first-order chi connectivity index (χ1) is 16.8. The van der Waals surface area contributed by atoms with Crippen molar-refractivity contribution in [1.29, 1.82) is 0 Å². The molecule has 2 aromatic carbocycles. The fourth-order valence-electron chi connectivity index (χ4n) is 3.11. The van der Waals surface area contributed by atoms with Gasteiger partial charge in [-0.3, -0.25) is 19.6 Å². The molecular weight excluding hydrogens is 450 g/mol. The van der Waals surface area contributed by atoms with E-state index >= 15 is 0 Å². The summed E-state index contributed by atoms with van der Waals surface area (Å²) in [6.07, 6.45) is 2.19. The number of nitrogens with one attached hydrogen (secondary N) is 3.